The highest BCUT2D eigenvalue weighted by Crippen LogP contribution is 2.28. The molecule has 30 heavy (non-hydrogen) atoms. The van der Waals surface area contributed by atoms with E-state index in [2.05, 4.69) is 23.6 Å². The standard InChI is InChI=1S/C25H31FN2O2/c1-17-4-2-7-23(14-17)30-16-18-5-3-6-22(15-18)27-24(25(29)28-21-12-13-21)19-8-10-20(26)11-9-19/h3,5-6,8-11,15,17,21,23-24,27H,2,4,7,12-14,16H2,1H3,(H,28,29). The van der Waals surface area contributed by atoms with Crippen molar-refractivity contribution < 1.29 is 13.9 Å². The van der Waals surface area contributed by atoms with Gasteiger partial charge in [-0.05, 0) is 67.0 Å². The van der Waals surface area contributed by atoms with Crippen LogP contribution in [0.3, 0.4) is 0 Å². The smallest absolute Gasteiger partial charge is 0.247 e. The topological polar surface area (TPSA) is 50.4 Å². The van der Waals surface area contributed by atoms with E-state index in [1.54, 1.807) is 12.1 Å². The summed E-state index contributed by atoms with van der Waals surface area (Å²) in [5, 5.41) is 6.40. The van der Waals surface area contributed by atoms with E-state index < -0.39 is 6.04 Å². The van der Waals surface area contributed by atoms with Gasteiger partial charge in [0.05, 0.1) is 12.7 Å². The van der Waals surface area contributed by atoms with E-state index >= 15 is 0 Å². The molecule has 0 aromatic heterocycles. The van der Waals surface area contributed by atoms with Gasteiger partial charge in [0, 0.05) is 11.7 Å². The average Bonchev–Trinajstić information content (AvgIpc) is 3.56. The Kier molecular flexibility index (Phi) is 6.68. The van der Waals surface area contributed by atoms with Crippen LogP contribution in [0.4, 0.5) is 10.1 Å². The molecule has 2 saturated carbocycles. The fourth-order valence-corrected chi connectivity index (χ4v) is 4.13. The first-order chi connectivity index (χ1) is 14.6. The molecule has 2 fully saturated rings. The van der Waals surface area contributed by atoms with Gasteiger partial charge in [-0.1, -0.05) is 44.0 Å². The lowest BCUT2D eigenvalue weighted by Crippen LogP contribution is -2.34. The van der Waals surface area contributed by atoms with Crippen molar-refractivity contribution in [3.05, 3.63) is 65.5 Å². The van der Waals surface area contributed by atoms with Gasteiger partial charge in [-0.2, -0.15) is 0 Å². The zero-order chi connectivity index (χ0) is 20.9. The van der Waals surface area contributed by atoms with E-state index in [9.17, 15) is 9.18 Å². The van der Waals surface area contributed by atoms with Gasteiger partial charge in [0.15, 0.2) is 0 Å². The van der Waals surface area contributed by atoms with E-state index in [0.29, 0.717) is 12.7 Å². The van der Waals surface area contributed by atoms with Crippen LogP contribution in [0.15, 0.2) is 48.5 Å². The van der Waals surface area contributed by atoms with Crippen LogP contribution in [-0.2, 0) is 16.1 Å². The van der Waals surface area contributed by atoms with E-state index in [1.165, 1.54) is 25.0 Å². The highest BCUT2D eigenvalue weighted by atomic mass is 19.1. The number of hydrogen-bond acceptors (Lipinski definition) is 3. The fourth-order valence-electron chi connectivity index (χ4n) is 4.13. The van der Waals surface area contributed by atoms with E-state index in [1.807, 2.05) is 18.2 Å². The number of amides is 1. The fraction of sp³-hybridized carbons (Fsp3) is 0.480. The Morgan fingerprint density at radius 1 is 1.13 bits per heavy atom. The molecular weight excluding hydrogens is 379 g/mol. The summed E-state index contributed by atoms with van der Waals surface area (Å²) in [6.45, 7) is 2.87. The molecule has 2 aromatic carbocycles. The van der Waals surface area contributed by atoms with Crippen molar-refractivity contribution in [1.82, 2.24) is 5.32 Å². The number of halogens is 1. The molecule has 3 atom stereocenters. The molecule has 2 aliphatic rings. The normalized spacial score (nSPS) is 22.3. The van der Waals surface area contributed by atoms with Crippen molar-refractivity contribution in [1.29, 1.82) is 0 Å². The maximum absolute atomic E-state index is 13.4. The van der Waals surface area contributed by atoms with Crippen LogP contribution in [0, 0.1) is 11.7 Å². The third kappa shape index (κ3) is 5.82. The molecule has 1 amide bonds. The van der Waals surface area contributed by atoms with Crippen molar-refractivity contribution in [2.45, 2.75) is 70.2 Å². The van der Waals surface area contributed by atoms with Crippen molar-refractivity contribution in [2.24, 2.45) is 5.92 Å². The maximum Gasteiger partial charge on any atom is 0.247 e. The lowest BCUT2D eigenvalue weighted by Gasteiger charge is -2.27. The summed E-state index contributed by atoms with van der Waals surface area (Å²) in [5.74, 6) is 0.344. The lowest BCUT2D eigenvalue weighted by atomic mass is 9.89. The number of rotatable bonds is 8. The molecule has 160 valence electrons. The second kappa shape index (κ2) is 9.61. The molecule has 4 nitrogen and oxygen atoms in total. The Bertz CT molecular complexity index is 850. The number of hydrogen-bond donors (Lipinski definition) is 2. The summed E-state index contributed by atoms with van der Waals surface area (Å²) in [6, 6.07) is 13.8. The first kappa shape index (κ1) is 20.9. The minimum atomic E-state index is -0.568. The highest BCUT2D eigenvalue weighted by Gasteiger charge is 2.28. The van der Waals surface area contributed by atoms with Crippen LogP contribution in [0.25, 0.3) is 0 Å². The van der Waals surface area contributed by atoms with Crippen molar-refractivity contribution in [3.63, 3.8) is 0 Å². The van der Waals surface area contributed by atoms with Gasteiger partial charge >= 0.3 is 0 Å². The Balaban J connectivity index is 1.43. The predicted octanol–water partition coefficient (Wildman–Crippen LogP) is 5.35. The second-order valence-electron chi connectivity index (χ2n) is 8.82. The number of carbonyl (C=O) groups excluding carboxylic acids is 1. The second-order valence-corrected chi connectivity index (χ2v) is 8.82. The summed E-state index contributed by atoms with van der Waals surface area (Å²) in [6.07, 6.45) is 7.18. The van der Waals surface area contributed by atoms with Crippen molar-refractivity contribution >= 4 is 11.6 Å². The largest absolute Gasteiger partial charge is 0.374 e. The van der Waals surface area contributed by atoms with Crippen molar-refractivity contribution in [3.8, 4) is 0 Å². The van der Waals surface area contributed by atoms with Crippen LogP contribution in [0.5, 0.6) is 0 Å². The SMILES string of the molecule is CC1CCCC(OCc2cccc(NC(C(=O)NC3CC3)c3ccc(F)cc3)c2)C1. The van der Waals surface area contributed by atoms with Gasteiger partial charge in [-0.25, -0.2) is 4.39 Å². The minimum absolute atomic E-state index is 0.0815. The number of ether oxygens (including phenoxy) is 1. The maximum atomic E-state index is 13.4. The highest BCUT2D eigenvalue weighted by molar-refractivity contribution is 5.86. The summed E-state index contributed by atoms with van der Waals surface area (Å²) >= 11 is 0. The van der Waals surface area contributed by atoms with E-state index in [0.717, 1.165) is 48.4 Å². The number of benzene rings is 2. The predicted molar refractivity (Wildman–Crippen MR) is 117 cm³/mol. The van der Waals surface area contributed by atoms with Gasteiger partial charge in [-0.3, -0.25) is 4.79 Å². The van der Waals surface area contributed by atoms with Crippen LogP contribution in [0.2, 0.25) is 0 Å². The summed E-state index contributed by atoms with van der Waals surface area (Å²) < 4.78 is 19.5. The van der Waals surface area contributed by atoms with Gasteiger partial charge in [-0.15, -0.1) is 0 Å². The van der Waals surface area contributed by atoms with Crippen LogP contribution >= 0.6 is 0 Å². The summed E-state index contributed by atoms with van der Waals surface area (Å²) in [7, 11) is 0. The Labute approximate surface area is 178 Å². The number of nitrogens with one attached hydrogen (secondary N) is 2. The number of carbonyl (C=O) groups is 1. The molecule has 3 unspecified atom stereocenters. The van der Waals surface area contributed by atoms with Gasteiger partial charge < -0.3 is 15.4 Å². The van der Waals surface area contributed by atoms with Crippen LogP contribution < -0.4 is 10.6 Å². The monoisotopic (exact) mass is 410 g/mol. The number of anilines is 1. The molecule has 0 radical (unpaired) electrons. The average molecular weight is 411 g/mol. The Morgan fingerprint density at radius 2 is 1.93 bits per heavy atom. The van der Waals surface area contributed by atoms with Gasteiger partial charge in [0.2, 0.25) is 5.91 Å². The summed E-state index contributed by atoms with van der Waals surface area (Å²) in [4.78, 5) is 12.8. The van der Waals surface area contributed by atoms with E-state index in [4.69, 9.17) is 4.74 Å². The zero-order valence-corrected chi connectivity index (χ0v) is 17.6. The van der Waals surface area contributed by atoms with Gasteiger partial charge in [0.1, 0.15) is 11.9 Å². The Hall–Kier alpha value is -2.40. The molecule has 0 bridgehead atoms. The minimum Gasteiger partial charge on any atom is -0.374 e. The molecule has 2 aromatic rings. The first-order valence-corrected chi connectivity index (χ1v) is 11.1. The van der Waals surface area contributed by atoms with Crippen LogP contribution in [-0.4, -0.2) is 18.1 Å². The third-order valence-electron chi connectivity index (χ3n) is 6.00. The Morgan fingerprint density at radius 3 is 2.67 bits per heavy atom. The molecule has 2 N–H and O–H groups in total. The zero-order valence-electron chi connectivity index (χ0n) is 17.6. The molecular formula is C25H31FN2O2. The lowest BCUT2D eigenvalue weighted by molar-refractivity contribution is -0.122. The molecule has 0 spiro atoms. The molecule has 0 saturated heterocycles. The van der Waals surface area contributed by atoms with Gasteiger partial charge in [0.25, 0.3) is 0 Å². The molecule has 4 rings (SSSR count). The van der Waals surface area contributed by atoms with Crippen molar-refractivity contribution in [2.75, 3.05) is 5.32 Å². The van der Waals surface area contributed by atoms with E-state index in [-0.39, 0.29) is 17.8 Å². The first-order valence-electron chi connectivity index (χ1n) is 11.1. The summed E-state index contributed by atoms with van der Waals surface area (Å²) in [5.41, 5.74) is 2.68. The molecule has 2 aliphatic carbocycles. The quantitative estimate of drug-likeness (QED) is 0.617. The molecule has 0 heterocycles. The molecule has 0 aliphatic heterocycles. The third-order valence-corrected chi connectivity index (χ3v) is 6.00. The molecule has 5 heteroatoms. The van der Waals surface area contributed by atoms with Crippen LogP contribution in [0.1, 0.15) is 62.6 Å².